The van der Waals surface area contributed by atoms with Crippen LogP contribution in [-0.2, 0) is 4.79 Å². The van der Waals surface area contributed by atoms with Crippen molar-refractivity contribution in [2.75, 3.05) is 6.67 Å². The quantitative estimate of drug-likeness (QED) is 0.683. The molecular formula is C9H14FNO. The highest BCUT2D eigenvalue weighted by atomic mass is 19.1. The van der Waals surface area contributed by atoms with Crippen molar-refractivity contribution >= 4 is 5.91 Å². The summed E-state index contributed by atoms with van der Waals surface area (Å²) >= 11 is 0. The van der Waals surface area contributed by atoms with Gasteiger partial charge in [-0.15, -0.1) is 0 Å². The Morgan fingerprint density at radius 2 is 2.08 bits per heavy atom. The number of carbonyl (C=O) groups is 1. The maximum absolute atomic E-state index is 12.0. The zero-order chi connectivity index (χ0) is 8.82. The van der Waals surface area contributed by atoms with Crippen LogP contribution in [-0.4, -0.2) is 18.1 Å². The first kappa shape index (κ1) is 8.02. The highest BCUT2D eigenvalue weighted by molar-refractivity contribution is 5.74. The van der Waals surface area contributed by atoms with Gasteiger partial charge in [-0.3, -0.25) is 9.18 Å². The van der Waals surface area contributed by atoms with E-state index in [-0.39, 0.29) is 23.5 Å². The number of rotatable bonds is 3. The van der Waals surface area contributed by atoms with Gasteiger partial charge in [0.1, 0.15) is 0 Å². The molecule has 3 fully saturated rings. The van der Waals surface area contributed by atoms with Gasteiger partial charge < -0.3 is 5.32 Å². The highest BCUT2D eigenvalue weighted by Crippen LogP contribution is 2.68. The van der Waals surface area contributed by atoms with Gasteiger partial charge in [0.25, 0.3) is 0 Å². The molecule has 3 aliphatic rings. The average Bonchev–Trinajstić information content (AvgIpc) is 1.79. The minimum Gasteiger partial charge on any atom is -0.351 e. The number of hydrogen-bond donors (Lipinski definition) is 1. The molecule has 3 heteroatoms. The number of nitrogens with one attached hydrogen (secondary N) is 1. The summed E-state index contributed by atoms with van der Waals surface area (Å²) in [6.45, 7) is 1.33. The van der Waals surface area contributed by atoms with Crippen LogP contribution < -0.4 is 5.32 Å². The monoisotopic (exact) mass is 171 g/mol. The second-order valence-electron chi connectivity index (χ2n) is 4.43. The predicted molar refractivity (Wildman–Crippen MR) is 43.4 cm³/mol. The van der Waals surface area contributed by atoms with Crippen molar-refractivity contribution in [3.8, 4) is 0 Å². The van der Waals surface area contributed by atoms with E-state index in [0.29, 0.717) is 6.42 Å². The summed E-state index contributed by atoms with van der Waals surface area (Å²) in [5.41, 5.74) is 0.359. The lowest BCUT2D eigenvalue weighted by atomic mass is 9.38. The van der Waals surface area contributed by atoms with Crippen molar-refractivity contribution in [1.29, 1.82) is 0 Å². The molecule has 0 radical (unpaired) electrons. The average molecular weight is 171 g/mol. The normalized spacial score (nSPS) is 42.8. The molecule has 2 nitrogen and oxygen atoms in total. The standard InChI is InChI=1S/C9H14FNO/c1-7(12)11-9-4-8(5-9,6-9)2-3-10/h2-6H2,1H3,(H,11,12). The fraction of sp³-hybridized carbons (Fsp3) is 0.889. The van der Waals surface area contributed by atoms with Gasteiger partial charge in [0.05, 0.1) is 6.67 Å². The van der Waals surface area contributed by atoms with Crippen molar-refractivity contribution in [1.82, 2.24) is 5.32 Å². The van der Waals surface area contributed by atoms with Crippen LogP contribution in [0.2, 0.25) is 0 Å². The van der Waals surface area contributed by atoms with Gasteiger partial charge in [0.2, 0.25) is 5.91 Å². The summed E-state index contributed by atoms with van der Waals surface area (Å²) in [6.07, 6.45) is 3.70. The van der Waals surface area contributed by atoms with Crippen LogP contribution in [0.4, 0.5) is 4.39 Å². The minimum atomic E-state index is -0.212. The molecule has 0 unspecified atom stereocenters. The molecule has 68 valence electrons. The maximum Gasteiger partial charge on any atom is 0.217 e. The first-order valence-corrected chi connectivity index (χ1v) is 4.45. The van der Waals surface area contributed by atoms with E-state index in [1.807, 2.05) is 0 Å². The Labute approximate surface area is 71.5 Å². The largest absolute Gasteiger partial charge is 0.351 e. The molecule has 3 saturated carbocycles. The summed E-state index contributed by atoms with van der Waals surface area (Å²) in [5.74, 6) is 0.0450. The molecule has 3 rings (SSSR count). The van der Waals surface area contributed by atoms with Gasteiger partial charge in [-0.2, -0.15) is 0 Å². The molecular weight excluding hydrogens is 157 g/mol. The van der Waals surface area contributed by atoms with Crippen LogP contribution in [0.15, 0.2) is 0 Å². The lowest BCUT2D eigenvalue weighted by molar-refractivity contribution is -0.168. The van der Waals surface area contributed by atoms with Crippen LogP contribution in [0.3, 0.4) is 0 Å². The molecule has 0 spiro atoms. The van der Waals surface area contributed by atoms with Crippen LogP contribution in [0, 0.1) is 5.41 Å². The fourth-order valence-corrected chi connectivity index (χ4v) is 2.97. The van der Waals surface area contributed by atoms with Crippen molar-refractivity contribution in [3.63, 3.8) is 0 Å². The summed E-state index contributed by atoms with van der Waals surface area (Å²) in [6, 6.07) is 0. The maximum atomic E-state index is 12.0. The first-order chi connectivity index (χ1) is 5.60. The Hall–Kier alpha value is -0.600. The van der Waals surface area contributed by atoms with E-state index < -0.39 is 0 Å². The van der Waals surface area contributed by atoms with E-state index in [1.54, 1.807) is 6.92 Å². The molecule has 0 saturated heterocycles. The van der Waals surface area contributed by atoms with Crippen LogP contribution in [0.1, 0.15) is 32.6 Å². The van der Waals surface area contributed by atoms with Crippen LogP contribution in [0.5, 0.6) is 0 Å². The Bertz CT molecular complexity index is 207. The molecule has 1 amide bonds. The van der Waals surface area contributed by atoms with E-state index in [0.717, 1.165) is 19.3 Å². The van der Waals surface area contributed by atoms with E-state index in [9.17, 15) is 9.18 Å². The molecule has 0 heterocycles. The lowest BCUT2D eigenvalue weighted by Crippen LogP contribution is -2.74. The first-order valence-electron chi connectivity index (χ1n) is 4.45. The molecule has 3 aliphatic carbocycles. The number of amides is 1. The van der Waals surface area contributed by atoms with Crippen molar-refractivity contribution in [2.24, 2.45) is 5.41 Å². The molecule has 0 atom stereocenters. The third-order valence-corrected chi connectivity index (χ3v) is 3.21. The van der Waals surface area contributed by atoms with E-state index in [4.69, 9.17) is 0 Å². The third kappa shape index (κ3) is 0.952. The zero-order valence-electron chi connectivity index (χ0n) is 7.32. The van der Waals surface area contributed by atoms with Gasteiger partial charge >= 0.3 is 0 Å². The van der Waals surface area contributed by atoms with Gasteiger partial charge in [-0.1, -0.05) is 0 Å². The molecule has 0 aliphatic heterocycles. The Kier molecular flexibility index (Phi) is 1.48. The Balaban J connectivity index is 1.83. The van der Waals surface area contributed by atoms with Crippen molar-refractivity contribution in [2.45, 2.75) is 38.1 Å². The third-order valence-electron chi connectivity index (χ3n) is 3.21. The fourth-order valence-electron chi connectivity index (χ4n) is 2.97. The molecule has 12 heavy (non-hydrogen) atoms. The summed E-state index contributed by atoms with van der Waals surface area (Å²) in [7, 11) is 0. The van der Waals surface area contributed by atoms with Crippen LogP contribution in [0.25, 0.3) is 0 Å². The molecule has 0 aromatic rings. The van der Waals surface area contributed by atoms with Crippen LogP contribution >= 0.6 is 0 Å². The number of alkyl halides is 1. The highest BCUT2D eigenvalue weighted by Gasteiger charge is 2.67. The van der Waals surface area contributed by atoms with Gasteiger partial charge in [0, 0.05) is 12.5 Å². The summed E-state index contributed by atoms with van der Waals surface area (Å²) in [5, 5.41) is 2.94. The van der Waals surface area contributed by atoms with Crippen molar-refractivity contribution < 1.29 is 9.18 Å². The summed E-state index contributed by atoms with van der Waals surface area (Å²) < 4.78 is 12.0. The van der Waals surface area contributed by atoms with E-state index in [2.05, 4.69) is 5.32 Å². The molecule has 2 bridgehead atoms. The number of carbonyl (C=O) groups excluding carboxylic acids is 1. The molecule has 0 aromatic heterocycles. The second kappa shape index (κ2) is 2.21. The van der Waals surface area contributed by atoms with E-state index in [1.165, 1.54) is 0 Å². The van der Waals surface area contributed by atoms with Gasteiger partial charge in [0.15, 0.2) is 0 Å². The smallest absolute Gasteiger partial charge is 0.217 e. The predicted octanol–water partition coefficient (Wildman–Crippen LogP) is 1.40. The zero-order valence-corrected chi connectivity index (χ0v) is 7.32. The summed E-state index contributed by atoms with van der Waals surface area (Å²) in [4.78, 5) is 10.8. The SMILES string of the molecule is CC(=O)NC12CC(CCF)(C1)C2. The van der Waals surface area contributed by atoms with Gasteiger partial charge in [-0.05, 0) is 31.1 Å². The minimum absolute atomic E-state index is 0.0450. The van der Waals surface area contributed by atoms with E-state index >= 15 is 0 Å². The molecule has 0 aromatic carbocycles. The number of hydrogen-bond acceptors (Lipinski definition) is 1. The second-order valence-corrected chi connectivity index (χ2v) is 4.43. The molecule has 1 N–H and O–H groups in total. The number of halogens is 1. The van der Waals surface area contributed by atoms with Gasteiger partial charge in [-0.25, -0.2) is 0 Å². The lowest BCUT2D eigenvalue weighted by Gasteiger charge is -2.70. The topological polar surface area (TPSA) is 29.1 Å². The Morgan fingerprint density at radius 1 is 1.50 bits per heavy atom. The van der Waals surface area contributed by atoms with Crippen molar-refractivity contribution in [3.05, 3.63) is 0 Å². The Morgan fingerprint density at radius 3 is 2.50 bits per heavy atom.